The Hall–Kier alpha value is -0.830. The number of nitrogens with zero attached hydrogens (tertiary/aromatic N) is 1. The number of carbonyl (C=O) groups excluding carboxylic acids is 1. The minimum Gasteiger partial charge on any atom is -0.462 e. The molecular formula is C19H29NO2. The Kier molecular flexibility index (Phi) is 3.60. The van der Waals surface area contributed by atoms with Crippen LogP contribution in [0.15, 0.2) is 12.2 Å². The Balaban J connectivity index is 1.53. The number of allylic oxidation sites excluding steroid dienone is 1. The van der Waals surface area contributed by atoms with Gasteiger partial charge in [0.1, 0.15) is 6.10 Å². The maximum Gasteiger partial charge on any atom is 0.310 e. The zero-order chi connectivity index (χ0) is 15.3. The summed E-state index contributed by atoms with van der Waals surface area (Å²) in [5.41, 5.74) is 1.76. The molecule has 0 unspecified atom stereocenters. The summed E-state index contributed by atoms with van der Waals surface area (Å²) in [4.78, 5) is 14.9. The molecule has 22 heavy (non-hydrogen) atoms. The summed E-state index contributed by atoms with van der Waals surface area (Å²) in [6, 6.07) is 0. The van der Waals surface area contributed by atoms with E-state index in [0.29, 0.717) is 17.3 Å². The number of likely N-dealkylation sites (tertiary alicyclic amines) is 1. The average molecular weight is 303 g/mol. The minimum absolute atomic E-state index is 0.0785. The van der Waals surface area contributed by atoms with Crippen molar-refractivity contribution in [2.75, 3.05) is 19.6 Å². The van der Waals surface area contributed by atoms with Gasteiger partial charge in [0.05, 0.1) is 5.92 Å². The summed E-state index contributed by atoms with van der Waals surface area (Å²) < 4.78 is 5.84. The van der Waals surface area contributed by atoms with Crippen molar-refractivity contribution in [1.29, 1.82) is 0 Å². The molecule has 0 radical (unpaired) electrons. The van der Waals surface area contributed by atoms with Gasteiger partial charge in [0.15, 0.2) is 0 Å². The molecule has 122 valence electrons. The van der Waals surface area contributed by atoms with E-state index in [1.54, 1.807) is 0 Å². The SMILES string of the molecule is C=C1CCC[C@@]2(C)C[C@H]3OC(=O)[C@H](CN4CCCC4)[C@@H]3C[C@@H]12. The van der Waals surface area contributed by atoms with Gasteiger partial charge < -0.3 is 9.64 Å². The Bertz CT molecular complexity index is 482. The molecule has 3 heteroatoms. The monoisotopic (exact) mass is 303 g/mol. The van der Waals surface area contributed by atoms with Gasteiger partial charge in [0.25, 0.3) is 0 Å². The molecule has 0 aromatic rings. The highest BCUT2D eigenvalue weighted by molar-refractivity contribution is 5.75. The van der Waals surface area contributed by atoms with Crippen molar-refractivity contribution in [1.82, 2.24) is 4.90 Å². The van der Waals surface area contributed by atoms with E-state index >= 15 is 0 Å². The third kappa shape index (κ3) is 2.33. The van der Waals surface area contributed by atoms with Crippen LogP contribution in [0.3, 0.4) is 0 Å². The molecule has 0 amide bonds. The fraction of sp³-hybridized carbons (Fsp3) is 0.842. The first-order valence-corrected chi connectivity index (χ1v) is 9.17. The largest absolute Gasteiger partial charge is 0.462 e. The molecule has 4 fully saturated rings. The molecule has 0 bridgehead atoms. The second kappa shape index (κ2) is 5.36. The molecule has 0 aromatic carbocycles. The molecule has 0 N–H and O–H groups in total. The van der Waals surface area contributed by atoms with E-state index in [0.717, 1.165) is 32.5 Å². The summed E-state index contributed by atoms with van der Waals surface area (Å²) in [6.45, 7) is 10.0. The minimum atomic E-state index is 0.0785. The Morgan fingerprint density at radius 2 is 2.09 bits per heavy atom. The molecule has 3 nitrogen and oxygen atoms in total. The highest BCUT2D eigenvalue weighted by atomic mass is 16.6. The van der Waals surface area contributed by atoms with Gasteiger partial charge in [-0.2, -0.15) is 0 Å². The van der Waals surface area contributed by atoms with Crippen molar-refractivity contribution >= 4 is 5.97 Å². The second-order valence-corrected chi connectivity index (χ2v) is 8.41. The Morgan fingerprint density at radius 3 is 2.86 bits per heavy atom. The molecule has 2 saturated heterocycles. The summed E-state index contributed by atoms with van der Waals surface area (Å²) in [5.74, 6) is 1.23. The lowest BCUT2D eigenvalue weighted by Crippen LogP contribution is -2.45. The molecule has 2 saturated carbocycles. The van der Waals surface area contributed by atoms with E-state index in [1.165, 1.54) is 37.7 Å². The number of hydrogen-bond donors (Lipinski definition) is 0. The molecule has 0 spiro atoms. The third-order valence-electron chi connectivity index (χ3n) is 6.97. The number of carbonyl (C=O) groups is 1. The first kappa shape index (κ1) is 14.7. The van der Waals surface area contributed by atoms with Gasteiger partial charge in [-0.05, 0) is 69.4 Å². The standard InChI is InChI=1S/C19H29NO2/c1-13-6-5-7-19(2)11-17-14(10-16(13)19)15(18(21)22-17)12-20-8-3-4-9-20/h14-17H,1,3-12H2,2H3/t14-,15+,16-,17+,19-/m0/s1. The summed E-state index contributed by atoms with van der Waals surface area (Å²) in [5, 5.41) is 0. The highest BCUT2D eigenvalue weighted by Crippen LogP contribution is 2.56. The number of fused-ring (bicyclic) bond motifs is 2. The predicted octanol–water partition coefficient (Wildman–Crippen LogP) is 3.40. The van der Waals surface area contributed by atoms with Crippen molar-refractivity contribution in [3.63, 3.8) is 0 Å². The van der Waals surface area contributed by atoms with E-state index in [1.807, 2.05) is 0 Å². The molecule has 5 atom stereocenters. The van der Waals surface area contributed by atoms with E-state index in [4.69, 9.17) is 4.74 Å². The van der Waals surface area contributed by atoms with Crippen LogP contribution in [0, 0.1) is 23.2 Å². The predicted molar refractivity (Wildman–Crippen MR) is 86.4 cm³/mol. The molecular weight excluding hydrogens is 274 g/mol. The van der Waals surface area contributed by atoms with Crippen LogP contribution in [0.4, 0.5) is 0 Å². The van der Waals surface area contributed by atoms with Gasteiger partial charge in [-0.25, -0.2) is 0 Å². The molecule has 4 aliphatic rings. The van der Waals surface area contributed by atoms with Crippen LogP contribution in [-0.4, -0.2) is 36.6 Å². The van der Waals surface area contributed by atoms with Crippen LogP contribution in [0.25, 0.3) is 0 Å². The molecule has 2 aliphatic carbocycles. The van der Waals surface area contributed by atoms with Crippen molar-refractivity contribution in [3.05, 3.63) is 12.2 Å². The molecule has 2 aliphatic heterocycles. The van der Waals surface area contributed by atoms with Gasteiger partial charge in [-0.1, -0.05) is 19.1 Å². The average Bonchev–Trinajstić information content (AvgIpc) is 3.06. The number of ether oxygens (including phenoxy) is 1. The van der Waals surface area contributed by atoms with Crippen LogP contribution in [0.5, 0.6) is 0 Å². The topological polar surface area (TPSA) is 29.5 Å². The van der Waals surface area contributed by atoms with E-state index < -0.39 is 0 Å². The Labute approximate surface area is 134 Å². The first-order chi connectivity index (χ1) is 10.6. The van der Waals surface area contributed by atoms with Crippen molar-refractivity contribution in [3.8, 4) is 0 Å². The lowest BCUT2D eigenvalue weighted by atomic mass is 9.55. The highest BCUT2D eigenvalue weighted by Gasteiger charge is 2.55. The van der Waals surface area contributed by atoms with E-state index in [-0.39, 0.29) is 18.0 Å². The van der Waals surface area contributed by atoms with Gasteiger partial charge in [-0.15, -0.1) is 0 Å². The zero-order valence-electron chi connectivity index (χ0n) is 13.9. The second-order valence-electron chi connectivity index (χ2n) is 8.41. The van der Waals surface area contributed by atoms with Crippen LogP contribution in [0.1, 0.15) is 51.9 Å². The lowest BCUT2D eigenvalue weighted by molar-refractivity contribution is -0.146. The van der Waals surface area contributed by atoms with Crippen molar-refractivity contribution < 1.29 is 9.53 Å². The van der Waals surface area contributed by atoms with Gasteiger partial charge in [-0.3, -0.25) is 4.79 Å². The normalized spacial score (nSPS) is 45.5. The fourth-order valence-electron chi connectivity index (χ4n) is 5.71. The van der Waals surface area contributed by atoms with Gasteiger partial charge in [0.2, 0.25) is 0 Å². The van der Waals surface area contributed by atoms with Crippen LogP contribution >= 0.6 is 0 Å². The maximum atomic E-state index is 12.4. The Morgan fingerprint density at radius 1 is 1.32 bits per heavy atom. The van der Waals surface area contributed by atoms with Crippen molar-refractivity contribution in [2.24, 2.45) is 23.2 Å². The first-order valence-electron chi connectivity index (χ1n) is 9.17. The molecule has 2 heterocycles. The molecule has 4 rings (SSSR count). The van der Waals surface area contributed by atoms with Gasteiger partial charge >= 0.3 is 5.97 Å². The van der Waals surface area contributed by atoms with Crippen molar-refractivity contribution in [2.45, 2.75) is 58.0 Å². The summed E-state index contributed by atoms with van der Waals surface area (Å²) in [6.07, 6.45) is 8.65. The summed E-state index contributed by atoms with van der Waals surface area (Å²) >= 11 is 0. The molecule has 0 aromatic heterocycles. The van der Waals surface area contributed by atoms with Crippen LogP contribution in [-0.2, 0) is 9.53 Å². The zero-order valence-corrected chi connectivity index (χ0v) is 13.9. The maximum absolute atomic E-state index is 12.4. The third-order valence-corrected chi connectivity index (χ3v) is 6.97. The number of rotatable bonds is 2. The smallest absolute Gasteiger partial charge is 0.310 e. The van der Waals surface area contributed by atoms with E-state index in [9.17, 15) is 4.79 Å². The van der Waals surface area contributed by atoms with Crippen LogP contribution in [0.2, 0.25) is 0 Å². The van der Waals surface area contributed by atoms with Gasteiger partial charge in [0, 0.05) is 12.5 Å². The summed E-state index contributed by atoms with van der Waals surface area (Å²) in [7, 11) is 0. The lowest BCUT2D eigenvalue weighted by Gasteiger charge is -2.50. The van der Waals surface area contributed by atoms with E-state index in [2.05, 4.69) is 18.4 Å². The fourth-order valence-corrected chi connectivity index (χ4v) is 5.71. The number of esters is 1. The quantitative estimate of drug-likeness (QED) is 0.578. The number of hydrogen-bond acceptors (Lipinski definition) is 3. The van der Waals surface area contributed by atoms with Crippen LogP contribution < -0.4 is 0 Å².